The summed E-state index contributed by atoms with van der Waals surface area (Å²) in [5, 5.41) is 2.58. The highest BCUT2D eigenvalue weighted by Gasteiger charge is 2.54. The third kappa shape index (κ3) is 4.78. The van der Waals surface area contributed by atoms with Crippen molar-refractivity contribution in [1.29, 1.82) is 0 Å². The van der Waals surface area contributed by atoms with Gasteiger partial charge in [-0.3, -0.25) is 9.59 Å². The van der Waals surface area contributed by atoms with E-state index in [4.69, 9.17) is 4.74 Å². The Morgan fingerprint density at radius 2 is 1.84 bits per heavy atom. The van der Waals surface area contributed by atoms with Gasteiger partial charge in [0.2, 0.25) is 15.9 Å². The number of epoxide rings is 1. The molecule has 3 aliphatic heterocycles. The normalized spacial score (nSPS) is 27.6. The van der Waals surface area contributed by atoms with E-state index >= 15 is 0 Å². The van der Waals surface area contributed by atoms with Gasteiger partial charge in [0.25, 0.3) is 5.91 Å². The molecule has 3 saturated heterocycles. The number of amides is 2. The summed E-state index contributed by atoms with van der Waals surface area (Å²) in [6, 6.07) is 9.70. The quantitative estimate of drug-likeness (QED) is 0.632. The molecule has 2 amide bonds. The van der Waals surface area contributed by atoms with Gasteiger partial charge in [-0.15, -0.1) is 0 Å². The standard InChI is InChI=1S/C22H31N3O5S/c1-15(2)31(28,29)24-12-10-17(11-13-24)23-22(27)21-20(30-21)18-8-9-19(26)25(18)14-16-6-4-3-5-7-16/h3-7,15,17-18,20-21H,8-14H2,1-2H3,(H,23,27)/t18-,20?,21?/m1/s1. The fourth-order valence-electron chi connectivity index (χ4n) is 4.55. The first-order chi connectivity index (χ1) is 14.8. The molecule has 9 heteroatoms. The molecular weight excluding hydrogens is 418 g/mol. The summed E-state index contributed by atoms with van der Waals surface area (Å²) in [5.74, 6) is -0.0589. The molecule has 31 heavy (non-hydrogen) atoms. The molecule has 3 atom stereocenters. The van der Waals surface area contributed by atoms with Crippen molar-refractivity contribution in [2.45, 2.75) is 75.6 Å². The van der Waals surface area contributed by atoms with Gasteiger partial charge in [-0.2, -0.15) is 0 Å². The van der Waals surface area contributed by atoms with Crippen LogP contribution in [0, 0.1) is 0 Å². The number of benzene rings is 1. The Kier molecular flexibility index (Phi) is 6.37. The molecule has 0 radical (unpaired) electrons. The Hall–Kier alpha value is -1.97. The first-order valence-corrected chi connectivity index (χ1v) is 12.6. The van der Waals surface area contributed by atoms with Crippen LogP contribution in [0.25, 0.3) is 0 Å². The minimum absolute atomic E-state index is 0.0541. The molecule has 4 rings (SSSR count). The molecule has 1 N–H and O–H groups in total. The van der Waals surface area contributed by atoms with Crippen molar-refractivity contribution in [2.24, 2.45) is 0 Å². The highest BCUT2D eigenvalue weighted by atomic mass is 32.2. The van der Waals surface area contributed by atoms with Crippen LogP contribution in [0.2, 0.25) is 0 Å². The predicted molar refractivity (Wildman–Crippen MR) is 115 cm³/mol. The average Bonchev–Trinajstić information content (AvgIpc) is 3.47. The molecule has 8 nitrogen and oxygen atoms in total. The molecule has 1 aromatic carbocycles. The monoisotopic (exact) mass is 449 g/mol. The van der Waals surface area contributed by atoms with E-state index in [2.05, 4.69) is 5.32 Å². The molecule has 0 aliphatic carbocycles. The maximum atomic E-state index is 12.7. The maximum Gasteiger partial charge on any atom is 0.252 e. The Labute approximate surface area is 184 Å². The van der Waals surface area contributed by atoms with Gasteiger partial charge in [0.05, 0.1) is 11.3 Å². The number of likely N-dealkylation sites (tertiary alicyclic amines) is 1. The average molecular weight is 450 g/mol. The molecular formula is C22H31N3O5S. The van der Waals surface area contributed by atoms with Gasteiger partial charge in [-0.25, -0.2) is 12.7 Å². The number of piperidine rings is 1. The number of nitrogens with zero attached hydrogens (tertiary/aromatic N) is 2. The Balaban J connectivity index is 1.28. The summed E-state index contributed by atoms with van der Waals surface area (Å²) in [4.78, 5) is 26.9. The molecule has 3 heterocycles. The lowest BCUT2D eigenvalue weighted by Gasteiger charge is -2.32. The lowest BCUT2D eigenvalue weighted by atomic mass is 10.0. The fraction of sp³-hybridized carbons (Fsp3) is 0.636. The van der Waals surface area contributed by atoms with Crippen molar-refractivity contribution in [3.05, 3.63) is 35.9 Å². The van der Waals surface area contributed by atoms with Gasteiger partial charge < -0.3 is 15.0 Å². The SMILES string of the molecule is CC(C)S(=O)(=O)N1CCC(NC(=O)C2OC2[C@H]2CCC(=O)N2Cc2ccccc2)CC1. The van der Waals surface area contributed by atoms with Gasteiger partial charge in [-0.1, -0.05) is 30.3 Å². The lowest BCUT2D eigenvalue weighted by Crippen LogP contribution is -2.49. The molecule has 3 aliphatic rings. The molecule has 0 saturated carbocycles. The van der Waals surface area contributed by atoms with Crippen LogP contribution in [0.5, 0.6) is 0 Å². The van der Waals surface area contributed by atoms with Crippen LogP contribution in [0.3, 0.4) is 0 Å². The molecule has 170 valence electrons. The predicted octanol–water partition coefficient (Wildman–Crippen LogP) is 1.26. The van der Waals surface area contributed by atoms with E-state index in [1.807, 2.05) is 35.2 Å². The minimum atomic E-state index is -3.25. The zero-order chi connectivity index (χ0) is 22.2. The molecule has 2 unspecified atom stereocenters. The van der Waals surface area contributed by atoms with E-state index in [1.54, 1.807) is 13.8 Å². The summed E-state index contributed by atoms with van der Waals surface area (Å²) in [7, 11) is -3.25. The van der Waals surface area contributed by atoms with Crippen LogP contribution in [0.1, 0.15) is 45.1 Å². The number of nitrogens with one attached hydrogen (secondary N) is 1. The van der Waals surface area contributed by atoms with Crippen LogP contribution in [0.4, 0.5) is 0 Å². The van der Waals surface area contributed by atoms with Gasteiger partial charge >= 0.3 is 0 Å². The second kappa shape index (κ2) is 8.88. The van der Waals surface area contributed by atoms with Crippen molar-refractivity contribution in [2.75, 3.05) is 13.1 Å². The third-order valence-electron chi connectivity index (χ3n) is 6.49. The first kappa shape index (κ1) is 22.2. The summed E-state index contributed by atoms with van der Waals surface area (Å²) in [6.45, 7) is 4.73. The highest BCUT2D eigenvalue weighted by molar-refractivity contribution is 7.89. The second-order valence-electron chi connectivity index (χ2n) is 8.91. The molecule has 0 aromatic heterocycles. The van der Waals surface area contributed by atoms with Gasteiger partial charge in [0.15, 0.2) is 6.10 Å². The van der Waals surface area contributed by atoms with E-state index in [-0.39, 0.29) is 30.0 Å². The second-order valence-corrected chi connectivity index (χ2v) is 11.4. The van der Waals surface area contributed by atoms with E-state index in [0.29, 0.717) is 45.3 Å². The van der Waals surface area contributed by atoms with Gasteiger partial charge in [0, 0.05) is 32.1 Å². The topological polar surface area (TPSA) is 99.3 Å². The number of carbonyl (C=O) groups excluding carboxylic acids is 2. The van der Waals surface area contributed by atoms with E-state index in [1.165, 1.54) is 4.31 Å². The molecule has 1 aromatic rings. The summed E-state index contributed by atoms with van der Waals surface area (Å²) in [5.41, 5.74) is 1.06. The van der Waals surface area contributed by atoms with Crippen molar-refractivity contribution in [1.82, 2.24) is 14.5 Å². The van der Waals surface area contributed by atoms with E-state index in [9.17, 15) is 18.0 Å². The van der Waals surface area contributed by atoms with Crippen LogP contribution >= 0.6 is 0 Å². The number of hydrogen-bond donors (Lipinski definition) is 1. The summed E-state index contributed by atoms with van der Waals surface area (Å²) >= 11 is 0. The van der Waals surface area contributed by atoms with Crippen LogP contribution in [0.15, 0.2) is 30.3 Å². The zero-order valence-corrected chi connectivity index (χ0v) is 18.9. The fourth-order valence-corrected chi connectivity index (χ4v) is 5.86. The first-order valence-electron chi connectivity index (χ1n) is 11.1. The van der Waals surface area contributed by atoms with E-state index in [0.717, 1.165) is 5.56 Å². The van der Waals surface area contributed by atoms with Crippen LogP contribution in [-0.4, -0.2) is 72.1 Å². The number of hydrogen-bond acceptors (Lipinski definition) is 5. The van der Waals surface area contributed by atoms with Crippen molar-refractivity contribution in [3.63, 3.8) is 0 Å². The number of rotatable bonds is 7. The lowest BCUT2D eigenvalue weighted by molar-refractivity contribution is -0.130. The largest absolute Gasteiger partial charge is 0.357 e. The number of sulfonamides is 1. The Morgan fingerprint density at radius 1 is 1.16 bits per heavy atom. The summed E-state index contributed by atoms with van der Waals surface area (Å²) in [6.07, 6.45) is 1.57. The minimum Gasteiger partial charge on any atom is -0.357 e. The smallest absolute Gasteiger partial charge is 0.252 e. The zero-order valence-electron chi connectivity index (χ0n) is 18.1. The van der Waals surface area contributed by atoms with Gasteiger partial charge in [0.1, 0.15) is 6.10 Å². The Bertz CT molecular complexity index is 912. The number of ether oxygens (including phenoxy) is 1. The summed E-state index contributed by atoms with van der Waals surface area (Å²) < 4.78 is 31.8. The van der Waals surface area contributed by atoms with Crippen molar-refractivity contribution in [3.8, 4) is 0 Å². The third-order valence-corrected chi connectivity index (χ3v) is 8.77. The van der Waals surface area contributed by atoms with Crippen molar-refractivity contribution >= 4 is 21.8 Å². The van der Waals surface area contributed by atoms with Gasteiger partial charge in [-0.05, 0) is 38.7 Å². The Morgan fingerprint density at radius 3 is 2.48 bits per heavy atom. The molecule has 0 spiro atoms. The van der Waals surface area contributed by atoms with Crippen LogP contribution in [-0.2, 0) is 30.9 Å². The van der Waals surface area contributed by atoms with Crippen molar-refractivity contribution < 1.29 is 22.7 Å². The van der Waals surface area contributed by atoms with Crippen LogP contribution < -0.4 is 5.32 Å². The molecule has 0 bridgehead atoms. The maximum absolute atomic E-state index is 12.7. The molecule has 3 fully saturated rings. The highest BCUT2D eigenvalue weighted by Crippen LogP contribution is 2.36. The van der Waals surface area contributed by atoms with E-state index < -0.39 is 21.4 Å². The number of carbonyl (C=O) groups is 2.